The van der Waals surface area contributed by atoms with Crippen LogP contribution in [0.15, 0.2) is 35.2 Å². The molecule has 132 valence electrons. The molecule has 1 aliphatic heterocycles. The average Bonchev–Trinajstić information content (AvgIpc) is 2.61. The van der Waals surface area contributed by atoms with Gasteiger partial charge < -0.3 is 9.64 Å². The topological polar surface area (TPSA) is 66.9 Å². The highest BCUT2D eigenvalue weighted by Gasteiger charge is 2.21. The molecule has 1 aliphatic rings. The maximum atomic E-state index is 12.4. The van der Waals surface area contributed by atoms with Crippen molar-refractivity contribution in [3.8, 4) is 0 Å². The lowest BCUT2D eigenvalue weighted by Gasteiger charge is -2.25. The van der Waals surface area contributed by atoms with Gasteiger partial charge in [-0.25, -0.2) is 8.42 Å². The number of rotatable bonds is 6. The van der Waals surface area contributed by atoms with E-state index in [0.717, 1.165) is 5.56 Å². The van der Waals surface area contributed by atoms with Gasteiger partial charge in [-0.05, 0) is 23.8 Å². The zero-order chi connectivity index (χ0) is 17.6. The zero-order valence-corrected chi connectivity index (χ0v) is 15.0. The van der Waals surface area contributed by atoms with Gasteiger partial charge in [0.2, 0.25) is 15.9 Å². The Bertz CT molecular complexity index is 673. The predicted molar refractivity (Wildman–Crippen MR) is 93.0 cm³/mol. The molecule has 0 N–H and O–H groups in total. The molecule has 1 saturated heterocycles. The monoisotopic (exact) mass is 352 g/mol. The molecule has 1 heterocycles. The van der Waals surface area contributed by atoms with E-state index >= 15 is 0 Å². The smallest absolute Gasteiger partial charge is 0.246 e. The first-order valence-corrected chi connectivity index (χ1v) is 9.58. The Labute approximate surface area is 143 Å². The van der Waals surface area contributed by atoms with Crippen LogP contribution in [-0.4, -0.2) is 62.9 Å². The van der Waals surface area contributed by atoms with E-state index in [4.69, 9.17) is 4.74 Å². The van der Waals surface area contributed by atoms with Crippen LogP contribution < -0.4 is 0 Å². The molecule has 0 bridgehead atoms. The third-order valence-corrected chi connectivity index (χ3v) is 6.03. The Morgan fingerprint density at radius 3 is 2.29 bits per heavy atom. The first kappa shape index (κ1) is 18.6. The van der Waals surface area contributed by atoms with Crippen LogP contribution >= 0.6 is 0 Å². The van der Waals surface area contributed by atoms with Crippen LogP contribution in [-0.2, 0) is 19.6 Å². The summed E-state index contributed by atoms with van der Waals surface area (Å²) in [6, 6.07) is 6.57. The summed E-state index contributed by atoms with van der Waals surface area (Å²) in [7, 11) is -3.45. The van der Waals surface area contributed by atoms with Gasteiger partial charge in [-0.15, -0.1) is 0 Å². The molecule has 1 aromatic carbocycles. The first-order chi connectivity index (χ1) is 11.5. The standard InChI is InChI=1S/C17H24N2O4S/c1-3-19(4-2)24(21,22)16-8-5-15(6-9-16)7-10-17(20)18-11-13-23-14-12-18/h5-10H,3-4,11-14H2,1-2H3/b10-7+. The molecule has 0 atom stereocenters. The Morgan fingerprint density at radius 1 is 1.17 bits per heavy atom. The minimum atomic E-state index is -3.45. The molecule has 0 saturated carbocycles. The molecule has 6 nitrogen and oxygen atoms in total. The van der Waals surface area contributed by atoms with Crippen molar-refractivity contribution in [3.63, 3.8) is 0 Å². The quantitative estimate of drug-likeness (QED) is 0.729. The zero-order valence-electron chi connectivity index (χ0n) is 14.1. The molecule has 24 heavy (non-hydrogen) atoms. The summed E-state index contributed by atoms with van der Waals surface area (Å²) in [4.78, 5) is 14.0. The highest BCUT2D eigenvalue weighted by atomic mass is 32.2. The van der Waals surface area contributed by atoms with Crippen LogP contribution in [0.25, 0.3) is 6.08 Å². The Kier molecular flexibility index (Phi) is 6.53. The lowest BCUT2D eigenvalue weighted by molar-refractivity contribution is -0.129. The number of carbonyl (C=O) groups is 1. The number of nitrogens with zero attached hydrogens (tertiary/aromatic N) is 2. The van der Waals surface area contributed by atoms with Crippen LogP contribution in [0, 0.1) is 0 Å². The summed E-state index contributed by atoms with van der Waals surface area (Å²) < 4.78 is 31.5. The lowest BCUT2D eigenvalue weighted by atomic mass is 10.2. The van der Waals surface area contributed by atoms with E-state index in [1.54, 1.807) is 35.2 Å². The van der Waals surface area contributed by atoms with Gasteiger partial charge in [0.1, 0.15) is 0 Å². The highest BCUT2D eigenvalue weighted by molar-refractivity contribution is 7.89. The lowest BCUT2D eigenvalue weighted by Crippen LogP contribution is -2.39. The van der Waals surface area contributed by atoms with Crippen molar-refractivity contribution in [1.29, 1.82) is 0 Å². The maximum Gasteiger partial charge on any atom is 0.246 e. The molecular formula is C17H24N2O4S. The highest BCUT2D eigenvalue weighted by Crippen LogP contribution is 2.16. The molecule has 1 amide bonds. The second-order valence-corrected chi connectivity index (χ2v) is 7.37. The summed E-state index contributed by atoms with van der Waals surface area (Å²) in [5.41, 5.74) is 0.787. The molecule has 0 radical (unpaired) electrons. The summed E-state index contributed by atoms with van der Waals surface area (Å²) in [6.45, 7) is 6.84. The van der Waals surface area contributed by atoms with Crippen LogP contribution in [0.5, 0.6) is 0 Å². The molecule has 0 aliphatic carbocycles. The van der Waals surface area contributed by atoms with Crippen molar-refractivity contribution < 1.29 is 17.9 Å². The van der Waals surface area contributed by atoms with E-state index in [1.165, 1.54) is 10.4 Å². The van der Waals surface area contributed by atoms with Crippen molar-refractivity contribution in [3.05, 3.63) is 35.9 Å². The van der Waals surface area contributed by atoms with Gasteiger partial charge in [-0.3, -0.25) is 4.79 Å². The van der Waals surface area contributed by atoms with Crippen molar-refractivity contribution in [1.82, 2.24) is 9.21 Å². The first-order valence-electron chi connectivity index (χ1n) is 8.14. The van der Waals surface area contributed by atoms with Crippen molar-refractivity contribution in [2.24, 2.45) is 0 Å². The molecule has 1 fully saturated rings. The molecular weight excluding hydrogens is 328 g/mol. The Balaban J connectivity index is 2.06. The fourth-order valence-corrected chi connectivity index (χ4v) is 3.98. The largest absolute Gasteiger partial charge is 0.378 e. The molecule has 1 aromatic rings. The minimum Gasteiger partial charge on any atom is -0.378 e. The van der Waals surface area contributed by atoms with Gasteiger partial charge >= 0.3 is 0 Å². The molecule has 2 rings (SSSR count). The van der Waals surface area contributed by atoms with Crippen LogP contribution in [0.1, 0.15) is 19.4 Å². The second kappa shape index (κ2) is 8.41. The Hall–Kier alpha value is -1.70. The normalized spacial score (nSPS) is 16.0. The van der Waals surface area contributed by atoms with Crippen molar-refractivity contribution >= 4 is 22.0 Å². The summed E-state index contributed by atoms with van der Waals surface area (Å²) in [6.07, 6.45) is 3.21. The van der Waals surface area contributed by atoms with E-state index in [-0.39, 0.29) is 10.8 Å². The maximum absolute atomic E-state index is 12.4. The predicted octanol–water partition coefficient (Wildman–Crippen LogP) is 1.59. The van der Waals surface area contributed by atoms with Crippen LogP contribution in [0.3, 0.4) is 0 Å². The summed E-state index contributed by atoms with van der Waals surface area (Å²) in [5.74, 6) is -0.0573. The summed E-state index contributed by atoms with van der Waals surface area (Å²) in [5, 5.41) is 0. The number of hydrogen-bond acceptors (Lipinski definition) is 4. The van der Waals surface area contributed by atoms with E-state index in [0.29, 0.717) is 39.4 Å². The number of hydrogen-bond donors (Lipinski definition) is 0. The number of benzene rings is 1. The number of carbonyl (C=O) groups excluding carboxylic acids is 1. The van der Waals surface area contributed by atoms with Gasteiger partial charge in [0.05, 0.1) is 18.1 Å². The van der Waals surface area contributed by atoms with Gasteiger partial charge in [0.15, 0.2) is 0 Å². The SMILES string of the molecule is CCN(CC)S(=O)(=O)c1ccc(/C=C/C(=O)N2CCOCC2)cc1. The Morgan fingerprint density at radius 2 is 1.75 bits per heavy atom. The number of sulfonamides is 1. The molecule has 0 spiro atoms. The second-order valence-electron chi connectivity index (χ2n) is 5.43. The van der Waals surface area contributed by atoms with E-state index in [9.17, 15) is 13.2 Å². The van der Waals surface area contributed by atoms with Crippen LogP contribution in [0.2, 0.25) is 0 Å². The third kappa shape index (κ3) is 4.43. The third-order valence-electron chi connectivity index (χ3n) is 3.96. The number of ether oxygens (including phenoxy) is 1. The van der Waals surface area contributed by atoms with E-state index < -0.39 is 10.0 Å². The minimum absolute atomic E-state index is 0.0573. The van der Waals surface area contributed by atoms with Gasteiger partial charge in [0, 0.05) is 32.3 Å². The van der Waals surface area contributed by atoms with Crippen molar-refractivity contribution in [2.75, 3.05) is 39.4 Å². The van der Waals surface area contributed by atoms with Crippen molar-refractivity contribution in [2.45, 2.75) is 18.7 Å². The van der Waals surface area contributed by atoms with Gasteiger partial charge in [-0.2, -0.15) is 4.31 Å². The fraction of sp³-hybridized carbons (Fsp3) is 0.471. The summed E-state index contributed by atoms with van der Waals surface area (Å²) >= 11 is 0. The number of amides is 1. The number of morpholine rings is 1. The molecule has 0 aromatic heterocycles. The van der Waals surface area contributed by atoms with Gasteiger partial charge in [-0.1, -0.05) is 26.0 Å². The molecule has 0 unspecified atom stereocenters. The average molecular weight is 352 g/mol. The molecule has 7 heteroatoms. The van der Waals surface area contributed by atoms with Crippen LogP contribution in [0.4, 0.5) is 0 Å². The fourth-order valence-electron chi connectivity index (χ4n) is 2.52. The van der Waals surface area contributed by atoms with Gasteiger partial charge in [0.25, 0.3) is 0 Å². The van der Waals surface area contributed by atoms with E-state index in [1.807, 2.05) is 13.8 Å². The van der Waals surface area contributed by atoms with E-state index in [2.05, 4.69) is 0 Å².